The van der Waals surface area contributed by atoms with Gasteiger partial charge in [-0.05, 0) is 36.6 Å². The second kappa shape index (κ2) is 8.44. The van der Waals surface area contributed by atoms with Gasteiger partial charge in [0.1, 0.15) is 9.84 Å². The van der Waals surface area contributed by atoms with Crippen molar-refractivity contribution in [2.24, 2.45) is 0 Å². The van der Waals surface area contributed by atoms with E-state index >= 15 is 0 Å². The third-order valence-electron chi connectivity index (χ3n) is 4.46. The average Bonchev–Trinajstić information content (AvgIpc) is 2.64. The van der Waals surface area contributed by atoms with Crippen LogP contribution in [0.2, 0.25) is 0 Å². The van der Waals surface area contributed by atoms with E-state index in [9.17, 15) is 13.2 Å². The Morgan fingerprint density at radius 1 is 1.08 bits per heavy atom. The predicted molar refractivity (Wildman–Crippen MR) is 99.6 cm³/mol. The van der Waals surface area contributed by atoms with Gasteiger partial charge in [0.2, 0.25) is 11.7 Å². The molecule has 0 aromatic heterocycles. The van der Waals surface area contributed by atoms with E-state index in [2.05, 4.69) is 0 Å². The lowest BCUT2D eigenvalue weighted by molar-refractivity contribution is -0.126. The molecule has 0 spiro atoms. The van der Waals surface area contributed by atoms with Gasteiger partial charge >= 0.3 is 0 Å². The van der Waals surface area contributed by atoms with Crippen LogP contribution in [0.3, 0.4) is 0 Å². The number of benzene rings is 1. The van der Waals surface area contributed by atoms with E-state index in [1.54, 1.807) is 23.1 Å². The van der Waals surface area contributed by atoms with Crippen molar-refractivity contribution < 1.29 is 27.4 Å². The number of sulfone groups is 1. The van der Waals surface area contributed by atoms with Gasteiger partial charge in [0.15, 0.2) is 11.5 Å². The maximum absolute atomic E-state index is 12.4. The van der Waals surface area contributed by atoms with Crippen LogP contribution in [0.5, 0.6) is 17.2 Å². The zero-order valence-corrected chi connectivity index (χ0v) is 16.3. The number of piperidine rings is 1. The molecule has 0 saturated carbocycles. The van der Waals surface area contributed by atoms with Crippen LogP contribution in [0.4, 0.5) is 0 Å². The molecule has 0 atom stereocenters. The van der Waals surface area contributed by atoms with Crippen LogP contribution in [0.15, 0.2) is 18.2 Å². The van der Waals surface area contributed by atoms with Crippen molar-refractivity contribution in [3.8, 4) is 17.2 Å². The van der Waals surface area contributed by atoms with E-state index in [4.69, 9.17) is 14.2 Å². The van der Waals surface area contributed by atoms with Crippen molar-refractivity contribution >= 4 is 21.8 Å². The molecule has 0 bridgehead atoms. The molecule has 0 radical (unpaired) electrons. The first-order chi connectivity index (χ1) is 12.3. The van der Waals surface area contributed by atoms with Gasteiger partial charge in [-0.1, -0.05) is 0 Å². The summed E-state index contributed by atoms with van der Waals surface area (Å²) >= 11 is 0. The Labute approximate surface area is 154 Å². The van der Waals surface area contributed by atoms with Crippen LogP contribution in [0.1, 0.15) is 18.4 Å². The Hall–Kier alpha value is -2.22. The predicted octanol–water partition coefficient (Wildman–Crippen LogP) is 1.76. The summed E-state index contributed by atoms with van der Waals surface area (Å²) in [5.41, 5.74) is 0.735. The highest BCUT2D eigenvalue weighted by molar-refractivity contribution is 7.91. The van der Waals surface area contributed by atoms with E-state index in [-0.39, 0.29) is 11.2 Å². The number of amides is 1. The number of hydrogen-bond donors (Lipinski definition) is 0. The molecule has 1 aromatic rings. The summed E-state index contributed by atoms with van der Waals surface area (Å²) in [7, 11) is 1.54. The molecule has 7 nitrogen and oxygen atoms in total. The highest BCUT2D eigenvalue weighted by Gasteiger charge is 2.27. The molecular weight excluding hydrogens is 358 g/mol. The van der Waals surface area contributed by atoms with Crippen LogP contribution < -0.4 is 14.2 Å². The number of likely N-dealkylation sites (tertiary alicyclic amines) is 1. The van der Waals surface area contributed by atoms with Crippen LogP contribution in [-0.4, -0.2) is 65.1 Å². The Morgan fingerprint density at radius 3 is 2.04 bits per heavy atom. The molecule has 0 unspecified atom stereocenters. The van der Waals surface area contributed by atoms with Crippen molar-refractivity contribution in [3.05, 3.63) is 23.8 Å². The topological polar surface area (TPSA) is 82.1 Å². The third-order valence-corrected chi connectivity index (χ3v) is 6.15. The first-order valence-electron chi connectivity index (χ1n) is 8.26. The summed E-state index contributed by atoms with van der Waals surface area (Å²) in [4.78, 5) is 14.0. The molecule has 8 heteroatoms. The number of carbonyl (C=O) groups is 1. The highest BCUT2D eigenvalue weighted by Crippen LogP contribution is 2.38. The standard InChI is InChI=1S/C18H25NO6S/c1-23-15-11-13(12-16(24-2)18(15)25-3)5-6-17(20)19-9-7-14(8-10-19)26(4,21)22/h5-6,11-12,14H,7-10H2,1-4H3/b6-5+. The lowest BCUT2D eigenvalue weighted by atomic mass is 10.1. The number of nitrogens with zero attached hydrogens (tertiary/aromatic N) is 1. The number of carbonyl (C=O) groups excluding carboxylic acids is 1. The molecule has 0 N–H and O–H groups in total. The van der Waals surface area contributed by atoms with E-state index in [1.807, 2.05) is 0 Å². The fraction of sp³-hybridized carbons (Fsp3) is 0.500. The maximum Gasteiger partial charge on any atom is 0.246 e. The Bertz CT molecular complexity index is 754. The fourth-order valence-electron chi connectivity index (χ4n) is 2.97. The van der Waals surface area contributed by atoms with E-state index in [0.717, 1.165) is 5.56 Å². The second-order valence-corrected chi connectivity index (χ2v) is 8.47. The minimum atomic E-state index is -3.05. The van der Waals surface area contributed by atoms with Gasteiger partial charge in [0.25, 0.3) is 0 Å². The Kier molecular flexibility index (Phi) is 6.52. The quantitative estimate of drug-likeness (QED) is 0.696. The van der Waals surface area contributed by atoms with Crippen molar-refractivity contribution in [1.82, 2.24) is 4.90 Å². The van der Waals surface area contributed by atoms with Crippen molar-refractivity contribution in [3.63, 3.8) is 0 Å². The summed E-state index contributed by atoms with van der Waals surface area (Å²) in [6.07, 6.45) is 5.35. The zero-order chi connectivity index (χ0) is 19.3. The molecule has 1 aliphatic heterocycles. The summed E-state index contributed by atoms with van der Waals surface area (Å²) in [6.45, 7) is 0.881. The van der Waals surface area contributed by atoms with E-state index in [1.165, 1.54) is 33.7 Å². The van der Waals surface area contributed by atoms with Crippen molar-refractivity contribution in [1.29, 1.82) is 0 Å². The van der Waals surface area contributed by atoms with E-state index < -0.39 is 9.84 Å². The SMILES string of the molecule is COc1cc(/C=C/C(=O)N2CCC(S(C)(=O)=O)CC2)cc(OC)c1OC. The first-order valence-corrected chi connectivity index (χ1v) is 10.2. The first kappa shape index (κ1) is 20.1. The summed E-state index contributed by atoms with van der Waals surface area (Å²) in [6, 6.07) is 3.50. The summed E-state index contributed by atoms with van der Waals surface area (Å²) in [5.74, 6) is 1.35. The molecule has 1 heterocycles. The molecule has 1 fully saturated rings. The van der Waals surface area contributed by atoms with Crippen LogP contribution in [0.25, 0.3) is 6.08 Å². The number of ether oxygens (including phenoxy) is 3. The van der Waals surface area contributed by atoms with Gasteiger partial charge in [-0.25, -0.2) is 8.42 Å². The Balaban J connectivity index is 2.09. The molecular formula is C18H25NO6S. The van der Waals surface area contributed by atoms with E-state index in [0.29, 0.717) is 43.2 Å². The second-order valence-electron chi connectivity index (χ2n) is 6.15. The normalized spacial score (nSPS) is 15.9. The smallest absolute Gasteiger partial charge is 0.246 e. The lowest BCUT2D eigenvalue weighted by Gasteiger charge is -2.30. The van der Waals surface area contributed by atoms with Gasteiger partial charge in [-0.3, -0.25) is 4.79 Å². The van der Waals surface area contributed by atoms with Gasteiger partial charge in [-0.15, -0.1) is 0 Å². The largest absolute Gasteiger partial charge is 0.493 e. The average molecular weight is 383 g/mol. The van der Waals surface area contributed by atoms with Crippen LogP contribution in [-0.2, 0) is 14.6 Å². The van der Waals surface area contributed by atoms with Crippen LogP contribution >= 0.6 is 0 Å². The molecule has 1 aromatic carbocycles. The number of hydrogen-bond acceptors (Lipinski definition) is 6. The van der Waals surface area contributed by atoms with Crippen molar-refractivity contribution in [2.45, 2.75) is 18.1 Å². The molecule has 1 aliphatic rings. The molecule has 0 aliphatic carbocycles. The fourth-order valence-corrected chi connectivity index (χ4v) is 4.04. The molecule has 26 heavy (non-hydrogen) atoms. The monoisotopic (exact) mass is 383 g/mol. The minimum absolute atomic E-state index is 0.147. The van der Waals surface area contributed by atoms with Gasteiger partial charge < -0.3 is 19.1 Å². The zero-order valence-electron chi connectivity index (χ0n) is 15.5. The van der Waals surface area contributed by atoms with Gasteiger partial charge in [0.05, 0.1) is 26.6 Å². The number of rotatable bonds is 6. The van der Waals surface area contributed by atoms with Crippen molar-refractivity contribution in [2.75, 3.05) is 40.7 Å². The Morgan fingerprint density at radius 2 is 1.62 bits per heavy atom. The maximum atomic E-state index is 12.4. The molecule has 2 rings (SSSR count). The summed E-state index contributed by atoms with van der Waals surface area (Å²) in [5, 5.41) is -0.356. The molecule has 1 amide bonds. The van der Waals surface area contributed by atoms with Gasteiger partial charge in [0, 0.05) is 25.4 Å². The highest BCUT2D eigenvalue weighted by atomic mass is 32.2. The summed E-state index contributed by atoms with van der Waals surface area (Å²) < 4.78 is 39.1. The van der Waals surface area contributed by atoms with Gasteiger partial charge in [-0.2, -0.15) is 0 Å². The molecule has 144 valence electrons. The molecule has 1 saturated heterocycles. The lowest BCUT2D eigenvalue weighted by Crippen LogP contribution is -2.41. The number of methoxy groups -OCH3 is 3. The minimum Gasteiger partial charge on any atom is -0.493 e. The van der Waals surface area contributed by atoms with Crippen LogP contribution in [0, 0.1) is 0 Å². The third kappa shape index (κ3) is 4.69.